The van der Waals surface area contributed by atoms with Gasteiger partial charge in [-0.05, 0) is 37.6 Å². The maximum atomic E-state index is 12.0. The molecule has 18 heavy (non-hydrogen) atoms. The van der Waals surface area contributed by atoms with Gasteiger partial charge in [-0.25, -0.2) is 0 Å². The van der Waals surface area contributed by atoms with Crippen molar-refractivity contribution in [2.45, 2.75) is 27.5 Å². The molecule has 0 atom stereocenters. The van der Waals surface area contributed by atoms with Gasteiger partial charge in [-0.15, -0.1) is 0 Å². The van der Waals surface area contributed by atoms with Crippen LogP contribution in [0.5, 0.6) is 0 Å². The predicted octanol–water partition coefficient (Wildman–Crippen LogP) is 3.33. The second-order valence-electron chi connectivity index (χ2n) is 3.54. The molecule has 0 fully saturated rings. The molecule has 0 aromatic heterocycles. The fraction of sp³-hybridized carbons (Fsp3) is 0.333. The zero-order chi connectivity index (χ0) is 13.2. The van der Waals surface area contributed by atoms with E-state index in [1.165, 1.54) is 25.1 Å². The SMILES string of the molecule is C.CC(=O)c1ccc(NC(=O)C(F)(F)F)cc1C. The Morgan fingerprint density at radius 1 is 1.22 bits per heavy atom. The van der Waals surface area contributed by atoms with Gasteiger partial charge in [0.05, 0.1) is 0 Å². The van der Waals surface area contributed by atoms with E-state index in [-0.39, 0.29) is 18.9 Å². The summed E-state index contributed by atoms with van der Waals surface area (Å²) in [7, 11) is 0. The molecule has 3 nitrogen and oxygen atoms in total. The number of carbonyl (C=O) groups is 2. The van der Waals surface area contributed by atoms with Crippen LogP contribution in [0.3, 0.4) is 0 Å². The molecule has 0 saturated heterocycles. The molecule has 0 unspecified atom stereocenters. The third kappa shape index (κ3) is 3.87. The normalized spacial score (nSPS) is 10.5. The van der Waals surface area contributed by atoms with Gasteiger partial charge in [-0.3, -0.25) is 9.59 Å². The number of alkyl halides is 3. The topological polar surface area (TPSA) is 46.2 Å². The molecule has 0 aliphatic carbocycles. The fourth-order valence-electron chi connectivity index (χ4n) is 1.34. The van der Waals surface area contributed by atoms with Crippen LogP contribution < -0.4 is 5.32 Å². The fourth-order valence-corrected chi connectivity index (χ4v) is 1.34. The number of carbonyl (C=O) groups excluding carboxylic acids is 2. The van der Waals surface area contributed by atoms with Crippen LogP contribution in [-0.4, -0.2) is 17.9 Å². The molecular formula is C12H14F3NO2. The number of Topliss-reactive ketones (excluding diaryl/α,β-unsaturated/α-hetero) is 1. The van der Waals surface area contributed by atoms with Gasteiger partial charge < -0.3 is 5.32 Å². The Morgan fingerprint density at radius 3 is 2.17 bits per heavy atom. The number of benzene rings is 1. The van der Waals surface area contributed by atoms with Crippen LogP contribution in [0.4, 0.5) is 18.9 Å². The van der Waals surface area contributed by atoms with Gasteiger partial charge in [0.2, 0.25) is 0 Å². The first-order valence-electron chi connectivity index (χ1n) is 4.71. The van der Waals surface area contributed by atoms with E-state index in [0.29, 0.717) is 11.1 Å². The number of hydrogen-bond donors (Lipinski definition) is 1. The van der Waals surface area contributed by atoms with Crippen molar-refractivity contribution in [2.75, 3.05) is 5.32 Å². The summed E-state index contributed by atoms with van der Waals surface area (Å²) >= 11 is 0. The van der Waals surface area contributed by atoms with Crippen molar-refractivity contribution in [3.05, 3.63) is 29.3 Å². The average Bonchev–Trinajstić information content (AvgIpc) is 2.15. The van der Waals surface area contributed by atoms with E-state index >= 15 is 0 Å². The lowest BCUT2D eigenvalue weighted by Crippen LogP contribution is -2.29. The van der Waals surface area contributed by atoms with Gasteiger partial charge in [-0.1, -0.05) is 7.43 Å². The third-order valence-corrected chi connectivity index (χ3v) is 2.12. The van der Waals surface area contributed by atoms with Crippen LogP contribution in [0, 0.1) is 6.92 Å². The van der Waals surface area contributed by atoms with Crippen LogP contribution in [0.2, 0.25) is 0 Å². The van der Waals surface area contributed by atoms with Crippen LogP contribution in [0.15, 0.2) is 18.2 Å². The second kappa shape index (κ2) is 5.66. The summed E-state index contributed by atoms with van der Waals surface area (Å²) in [5, 5.41) is 1.71. The monoisotopic (exact) mass is 261 g/mol. The number of aryl methyl sites for hydroxylation is 1. The zero-order valence-electron chi connectivity index (χ0n) is 9.18. The number of rotatable bonds is 2. The summed E-state index contributed by atoms with van der Waals surface area (Å²) in [5.41, 5.74) is 0.933. The Kier molecular flexibility index (Phi) is 5.08. The first-order chi connectivity index (χ1) is 7.71. The lowest BCUT2D eigenvalue weighted by Gasteiger charge is -2.09. The van der Waals surface area contributed by atoms with Crippen molar-refractivity contribution in [2.24, 2.45) is 0 Å². The Labute approximate surface area is 103 Å². The van der Waals surface area contributed by atoms with E-state index in [9.17, 15) is 22.8 Å². The second-order valence-corrected chi connectivity index (χ2v) is 3.54. The van der Waals surface area contributed by atoms with Crippen molar-refractivity contribution < 1.29 is 22.8 Å². The van der Waals surface area contributed by atoms with Crippen LogP contribution in [0.1, 0.15) is 30.3 Å². The van der Waals surface area contributed by atoms with E-state index in [1.807, 2.05) is 0 Å². The van der Waals surface area contributed by atoms with Crippen molar-refractivity contribution in [1.82, 2.24) is 0 Å². The molecule has 0 bridgehead atoms. The van der Waals surface area contributed by atoms with Gasteiger partial charge >= 0.3 is 12.1 Å². The highest BCUT2D eigenvalue weighted by molar-refractivity contribution is 5.98. The van der Waals surface area contributed by atoms with Gasteiger partial charge in [0.1, 0.15) is 0 Å². The molecule has 1 rings (SSSR count). The molecule has 0 saturated carbocycles. The molecule has 0 heterocycles. The number of hydrogen-bond acceptors (Lipinski definition) is 2. The van der Waals surface area contributed by atoms with Crippen molar-refractivity contribution in [3.63, 3.8) is 0 Å². The first kappa shape index (κ1) is 16.1. The quantitative estimate of drug-likeness (QED) is 0.830. The van der Waals surface area contributed by atoms with Crippen LogP contribution in [-0.2, 0) is 4.79 Å². The molecule has 1 N–H and O–H groups in total. The lowest BCUT2D eigenvalue weighted by atomic mass is 10.0. The highest BCUT2D eigenvalue weighted by Crippen LogP contribution is 2.20. The zero-order valence-corrected chi connectivity index (χ0v) is 9.18. The van der Waals surface area contributed by atoms with E-state index in [0.717, 1.165) is 0 Å². The van der Waals surface area contributed by atoms with E-state index < -0.39 is 12.1 Å². The molecule has 0 aliphatic heterocycles. The van der Waals surface area contributed by atoms with Crippen LogP contribution in [0.25, 0.3) is 0 Å². The summed E-state index contributed by atoms with van der Waals surface area (Å²) in [6.45, 7) is 2.94. The molecule has 1 aromatic rings. The first-order valence-corrected chi connectivity index (χ1v) is 4.71. The van der Waals surface area contributed by atoms with Gasteiger partial charge in [0, 0.05) is 11.3 Å². The number of amides is 1. The number of anilines is 1. The minimum atomic E-state index is -4.92. The molecule has 1 aromatic carbocycles. The molecule has 0 radical (unpaired) electrons. The van der Waals surface area contributed by atoms with Gasteiger partial charge in [0.15, 0.2) is 5.78 Å². The van der Waals surface area contributed by atoms with Crippen LogP contribution >= 0.6 is 0 Å². The highest BCUT2D eigenvalue weighted by atomic mass is 19.4. The molecule has 6 heteroatoms. The Bertz CT molecular complexity index is 467. The maximum Gasteiger partial charge on any atom is 0.471 e. The minimum Gasteiger partial charge on any atom is -0.318 e. The van der Waals surface area contributed by atoms with Gasteiger partial charge in [-0.2, -0.15) is 13.2 Å². The summed E-state index contributed by atoms with van der Waals surface area (Å²) in [6.07, 6.45) is -4.92. The van der Waals surface area contributed by atoms with Gasteiger partial charge in [0.25, 0.3) is 0 Å². The van der Waals surface area contributed by atoms with E-state index in [4.69, 9.17) is 0 Å². The Hall–Kier alpha value is -1.85. The van der Waals surface area contributed by atoms with Crippen molar-refractivity contribution >= 4 is 17.4 Å². The lowest BCUT2D eigenvalue weighted by molar-refractivity contribution is -0.167. The predicted molar refractivity (Wildman–Crippen MR) is 62.6 cm³/mol. The maximum absolute atomic E-state index is 12.0. The molecule has 100 valence electrons. The number of ketones is 1. The average molecular weight is 261 g/mol. The minimum absolute atomic E-state index is 0. The summed E-state index contributed by atoms with van der Waals surface area (Å²) in [6, 6.07) is 3.96. The molecule has 1 amide bonds. The smallest absolute Gasteiger partial charge is 0.318 e. The largest absolute Gasteiger partial charge is 0.471 e. The summed E-state index contributed by atoms with van der Waals surface area (Å²) in [4.78, 5) is 21.8. The summed E-state index contributed by atoms with van der Waals surface area (Å²) in [5.74, 6) is -2.22. The molecular weight excluding hydrogens is 247 g/mol. The van der Waals surface area contributed by atoms with Crippen molar-refractivity contribution in [3.8, 4) is 0 Å². The van der Waals surface area contributed by atoms with E-state index in [2.05, 4.69) is 0 Å². The highest BCUT2D eigenvalue weighted by Gasteiger charge is 2.38. The number of nitrogens with one attached hydrogen (secondary N) is 1. The Morgan fingerprint density at radius 2 is 1.78 bits per heavy atom. The molecule has 0 aliphatic rings. The Balaban J connectivity index is 0.00000289. The molecule has 0 spiro atoms. The number of halogens is 3. The van der Waals surface area contributed by atoms with Crippen molar-refractivity contribution in [1.29, 1.82) is 0 Å². The standard InChI is InChI=1S/C11H10F3NO2.CH4/c1-6-5-8(3-4-9(6)7(2)16)15-10(17)11(12,13)14;/h3-5H,1-2H3,(H,15,17);1H4. The van der Waals surface area contributed by atoms with E-state index in [1.54, 1.807) is 12.2 Å². The summed E-state index contributed by atoms with van der Waals surface area (Å²) < 4.78 is 35.9. The third-order valence-electron chi connectivity index (χ3n) is 2.12.